The molecule has 1 heterocycles. The smallest absolute Gasteiger partial charge is 0.137 e. The molecule has 0 saturated heterocycles. The Kier molecular flexibility index (Phi) is 6.74. The molecule has 1 unspecified atom stereocenters. The standard InChI is InChI=1S/C16H28ClN3/c1-7-9-10-20(12(5)8-2)16-13(6)14(17)18-15(19-16)11(3)4/h11-12H,7-10H2,1-6H3. The first kappa shape index (κ1) is 17.2. The van der Waals surface area contributed by atoms with E-state index < -0.39 is 0 Å². The second-order valence-electron chi connectivity index (χ2n) is 5.78. The van der Waals surface area contributed by atoms with Gasteiger partial charge in [-0.25, -0.2) is 9.97 Å². The highest BCUT2D eigenvalue weighted by atomic mass is 35.5. The van der Waals surface area contributed by atoms with Crippen LogP contribution in [0.4, 0.5) is 5.82 Å². The summed E-state index contributed by atoms with van der Waals surface area (Å²) in [5.41, 5.74) is 0.993. The lowest BCUT2D eigenvalue weighted by molar-refractivity contribution is 0.584. The van der Waals surface area contributed by atoms with Gasteiger partial charge in [0.25, 0.3) is 0 Å². The van der Waals surface area contributed by atoms with Crippen molar-refractivity contribution in [3.05, 3.63) is 16.5 Å². The summed E-state index contributed by atoms with van der Waals surface area (Å²) in [5.74, 6) is 2.13. The van der Waals surface area contributed by atoms with Crippen molar-refractivity contribution in [3.63, 3.8) is 0 Å². The molecule has 0 aliphatic rings. The first-order valence-corrected chi connectivity index (χ1v) is 8.10. The van der Waals surface area contributed by atoms with E-state index in [1.165, 1.54) is 12.8 Å². The van der Waals surface area contributed by atoms with Gasteiger partial charge in [-0.2, -0.15) is 0 Å². The second-order valence-corrected chi connectivity index (χ2v) is 6.14. The van der Waals surface area contributed by atoms with E-state index in [4.69, 9.17) is 16.6 Å². The Morgan fingerprint density at radius 3 is 2.30 bits per heavy atom. The lowest BCUT2D eigenvalue weighted by atomic mass is 10.1. The third kappa shape index (κ3) is 4.08. The first-order chi connectivity index (χ1) is 9.42. The van der Waals surface area contributed by atoms with Crippen LogP contribution in [0.1, 0.15) is 71.2 Å². The van der Waals surface area contributed by atoms with Crippen molar-refractivity contribution in [2.24, 2.45) is 0 Å². The van der Waals surface area contributed by atoms with Crippen molar-refractivity contribution in [1.82, 2.24) is 9.97 Å². The summed E-state index contributed by atoms with van der Waals surface area (Å²) in [7, 11) is 0. The minimum Gasteiger partial charge on any atom is -0.354 e. The quantitative estimate of drug-likeness (QED) is 0.666. The molecule has 0 radical (unpaired) electrons. The van der Waals surface area contributed by atoms with E-state index in [1.54, 1.807) is 0 Å². The molecule has 0 bridgehead atoms. The average Bonchev–Trinajstić information content (AvgIpc) is 2.42. The Hall–Kier alpha value is -0.830. The lowest BCUT2D eigenvalue weighted by Crippen LogP contribution is -2.35. The highest BCUT2D eigenvalue weighted by Crippen LogP contribution is 2.28. The molecule has 0 amide bonds. The van der Waals surface area contributed by atoms with Gasteiger partial charge in [0.15, 0.2) is 0 Å². The van der Waals surface area contributed by atoms with Gasteiger partial charge in [-0.3, -0.25) is 0 Å². The lowest BCUT2D eigenvalue weighted by Gasteiger charge is -2.31. The van der Waals surface area contributed by atoms with Crippen LogP contribution in [0, 0.1) is 6.92 Å². The van der Waals surface area contributed by atoms with Crippen LogP contribution in [-0.4, -0.2) is 22.6 Å². The van der Waals surface area contributed by atoms with E-state index in [1.807, 2.05) is 6.92 Å². The maximum atomic E-state index is 6.31. The van der Waals surface area contributed by atoms with Crippen LogP contribution < -0.4 is 4.90 Å². The second kappa shape index (κ2) is 7.82. The molecule has 1 aromatic rings. The van der Waals surface area contributed by atoms with E-state index in [2.05, 4.69) is 44.5 Å². The zero-order valence-electron chi connectivity index (χ0n) is 13.7. The van der Waals surface area contributed by atoms with E-state index in [9.17, 15) is 0 Å². The number of halogens is 1. The fraction of sp³-hybridized carbons (Fsp3) is 0.750. The van der Waals surface area contributed by atoms with Gasteiger partial charge in [0.05, 0.1) is 0 Å². The summed E-state index contributed by atoms with van der Waals surface area (Å²) < 4.78 is 0. The van der Waals surface area contributed by atoms with Gasteiger partial charge in [-0.05, 0) is 26.7 Å². The highest BCUT2D eigenvalue weighted by molar-refractivity contribution is 6.30. The topological polar surface area (TPSA) is 29.0 Å². The molecule has 20 heavy (non-hydrogen) atoms. The molecule has 0 spiro atoms. The molecular formula is C16H28ClN3. The minimum absolute atomic E-state index is 0.289. The summed E-state index contributed by atoms with van der Waals surface area (Å²) in [6, 6.07) is 0.464. The highest BCUT2D eigenvalue weighted by Gasteiger charge is 2.20. The fourth-order valence-electron chi connectivity index (χ4n) is 2.12. The van der Waals surface area contributed by atoms with E-state index in [0.29, 0.717) is 11.2 Å². The van der Waals surface area contributed by atoms with Gasteiger partial charge in [0.2, 0.25) is 0 Å². The van der Waals surface area contributed by atoms with Crippen LogP contribution in [0.25, 0.3) is 0 Å². The van der Waals surface area contributed by atoms with Gasteiger partial charge < -0.3 is 4.90 Å². The SMILES string of the molecule is CCCCN(c1nc(C(C)C)nc(Cl)c1C)C(C)CC. The maximum absolute atomic E-state index is 6.31. The van der Waals surface area contributed by atoms with Crippen LogP contribution in [0.3, 0.4) is 0 Å². The van der Waals surface area contributed by atoms with Crippen molar-refractivity contribution in [2.45, 2.75) is 72.8 Å². The summed E-state index contributed by atoms with van der Waals surface area (Å²) >= 11 is 6.31. The monoisotopic (exact) mass is 297 g/mol. The summed E-state index contributed by atoms with van der Waals surface area (Å²) in [6.45, 7) is 13.9. The van der Waals surface area contributed by atoms with Crippen LogP contribution >= 0.6 is 11.6 Å². The van der Waals surface area contributed by atoms with Gasteiger partial charge >= 0.3 is 0 Å². The zero-order chi connectivity index (χ0) is 15.3. The third-order valence-electron chi connectivity index (χ3n) is 3.74. The molecule has 0 saturated carbocycles. The number of rotatable bonds is 7. The number of anilines is 1. The van der Waals surface area contributed by atoms with Gasteiger partial charge in [0.1, 0.15) is 16.8 Å². The molecule has 1 aromatic heterocycles. The van der Waals surface area contributed by atoms with Crippen LogP contribution in [0.15, 0.2) is 0 Å². The van der Waals surface area contributed by atoms with Crippen molar-refractivity contribution < 1.29 is 0 Å². The van der Waals surface area contributed by atoms with E-state index in [0.717, 1.165) is 30.2 Å². The van der Waals surface area contributed by atoms with Gasteiger partial charge in [0, 0.05) is 24.1 Å². The molecule has 4 heteroatoms. The normalized spacial score (nSPS) is 12.8. The van der Waals surface area contributed by atoms with Gasteiger partial charge in [-0.15, -0.1) is 0 Å². The summed E-state index contributed by atoms with van der Waals surface area (Å²) in [5, 5.41) is 0.587. The summed E-state index contributed by atoms with van der Waals surface area (Å²) in [6.07, 6.45) is 3.45. The van der Waals surface area contributed by atoms with Crippen molar-refractivity contribution in [3.8, 4) is 0 Å². The molecule has 1 atom stereocenters. The van der Waals surface area contributed by atoms with Crippen molar-refractivity contribution >= 4 is 17.4 Å². The molecule has 0 aliphatic carbocycles. The maximum Gasteiger partial charge on any atom is 0.137 e. The predicted molar refractivity (Wildman–Crippen MR) is 87.9 cm³/mol. The number of hydrogen-bond donors (Lipinski definition) is 0. The Morgan fingerprint density at radius 1 is 1.15 bits per heavy atom. The average molecular weight is 298 g/mol. The largest absolute Gasteiger partial charge is 0.354 e. The minimum atomic E-state index is 0.289. The molecule has 0 N–H and O–H groups in total. The van der Waals surface area contributed by atoms with Crippen LogP contribution in [-0.2, 0) is 0 Å². The molecular weight excluding hydrogens is 270 g/mol. The molecule has 3 nitrogen and oxygen atoms in total. The van der Waals surface area contributed by atoms with Crippen LogP contribution in [0.2, 0.25) is 5.15 Å². The Labute approximate surface area is 128 Å². The third-order valence-corrected chi connectivity index (χ3v) is 4.11. The summed E-state index contributed by atoms with van der Waals surface area (Å²) in [4.78, 5) is 11.6. The zero-order valence-corrected chi connectivity index (χ0v) is 14.5. The van der Waals surface area contributed by atoms with Crippen LogP contribution in [0.5, 0.6) is 0 Å². The molecule has 114 valence electrons. The number of aromatic nitrogens is 2. The Morgan fingerprint density at radius 2 is 1.80 bits per heavy atom. The van der Waals surface area contributed by atoms with Crippen molar-refractivity contribution in [2.75, 3.05) is 11.4 Å². The van der Waals surface area contributed by atoms with Gasteiger partial charge in [-0.1, -0.05) is 45.7 Å². The number of nitrogens with zero attached hydrogens (tertiary/aromatic N) is 3. The number of hydrogen-bond acceptors (Lipinski definition) is 3. The molecule has 0 fully saturated rings. The number of unbranched alkanes of at least 4 members (excludes halogenated alkanes) is 1. The fourth-order valence-corrected chi connectivity index (χ4v) is 2.29. The van der Waals surface area contributed by atoms with Crippen molar-refractivity contribution in [1.29, 1.82) is 0 Å². The molecule has 1 rings (SSSR count). The molecule has 0 aliphatic heterocycles. The van der Waals surface area contributed by atoms with E-state index >= 15 is 0 Å². The first-order valence-electron chi connectivity index (χ1n) is 7.72. The van der Waals surface area contributed by atoms with E-state index in [-0.39, 0.29) is 5.92 Å². The molecule has 0 aromatic carbocycles. The predicted octanol–water partition coefficient (Wildman–Crippen LogP) is 4.97. The Bertz CT molecular complexity index is 432. The Balaban J connectivity index is 3.23.